The van der Waals surface area contributed by atoms with E-state index in [1.54, 1.807) is 40.5 Å². The molecular weight excluding hydrogens is 580 g/mol. The summed E-state index contributed by atoms with van der Waals surface area (Å²) < 4.78 is 16.6. The summed E-state index contributed by atoms with van der Waals surface area (Å²) in [5.74, 6) is 0.550. The fraction of sp³-hybridized carbons (Fsp3) is 0.121. The van der Waals surface area contributed by atoms with Gasteiger partial charge in [0.05, 0.1) is 11.4 Å². The fourth-order valence-corrected chi connectivity index (χ4v) is 6.56. The molecule has 0 aliphatic heterocycles. The molecule has 3 aromatic heterocycles. The van der Waals surface area contributed by atoms with Gasteiger partial charge in [-0.05, 0) is 41.8 Å². The molecule has 1 amide bonds. The Balaban J connectivity index is 1.12. The van der Waals surface area contributed by atoms with E-state index in [-0.39, 0.29) is 17.6 Å². The van der Waals surface area contributed by atoms with Crippen LogP contribution in [0.5, 0.6) is 0 Å². The molecule has 0 fully saturated rings. The van der Waals surface area contributed by atoms with E-state index in [9.17, 15) is 9.18 Å². The summed E-state index contributed by atoms with van der Waals surface area (Å²) >= 11 is 2.79. The van der Waals surface area contributed by atoms with Crippen LogP contribution in [0.25, 0.3) is 17.1 Å². The molecule has 214 valence electrons. The molecule has 0 aliphatic carbocycles. The van der Waals surface area contributed by atoms with Crippen LogP contribution in [-0.4, -0.2) is 37.2 Å². The minimum Gasteiger partial charge on any atom is -0.351 e. The normalized spacial score (nSPS) is 11.1. The molecule has 7 nitrogen and oxygen atoms in total. The van der Waals surface area contributed by atoms with Gasteiger partial charge in [0.15, 0.2) is 11.0 Å². The number of thioether (sulfide) groups is 1. The average molecular weight is 607 g/mol. The van der Waals surface area contributed by atoms with Crippen molar-refractivity contribution in [1.29, 1.82) is 0 Å². The Morgan fingerprint density at radius 1 is 0.884 bits per heavy atom. The van der Waals surface area contributed by atoms with Crippen molar-refractivity contribution in [3.05, 3.63) is 142 Å². The fourth-order valence-electron chi connectivity index (χ4n) is 4.83. The lowest BCUT2D eigenvalue weighted by atomic mass is 9.88. The molecule has 0 radical (unpaired) electrons. The van der Waals surface area contributed by atoms with Gasteiger partial charge >= 0.3 is 0 Å². The molecule has 0 bridgehead atoms. The van der Waals surface area contributed by atoms with Gasteiger partial charge in [-0.25, -0.2) is 9.37 Å². The number of hydrogen-bond acceptors (Lipinski definition) is 7. The molecule has 10 heteroatoms. The topological polar surface area (TPSA) is 85.6 Å². The number of amides is 1. The van der Waals surface area contributed by atoms with Crippen molar-refractivity contribution in [3.8, 4) is 17.1 Å². The van der Waals surface area contributed by atoms with E-state index >= 15 is 0 Å². The summed E-state index contributed by atoms with van der Waals surface area (Å²) in [5, 5.41) is 14.8. The van der Waals surface area contributed by atoms with Gasteiger partial charge in [-0.15, -0.1) is 21.5 Å². The number of hydrogen-bond donors (Lipinski definition) is 1. The lowest BCUT2D eigenvalue weighted by molar-refractivity contribution is 0.0948. The third-order valence-corrected chi connectivity index (χ3v) is 8.87. The highest BCUT2D eigenvalue weighted by Crippen LogP contribution is 2.31. The van der Waals surface area contributed by atoms with Crippen LogP contribution in [0.3, 0.4) is 0 Å². The molecule has 43 heavy (non-hydrogen) atoms. The average Bonchev–Trinajstić information content (AvgIpc) is 3.71. The van der Waals surface area contributed by atoms with Crippen LogP contribution in [-0.2, 0) is 5.75 Å². The second-order valence-electron chi connectivity index (χ2n) is 9.66. The third kappa shape index (κ3) is 6.71. The number of nitrogens with zero attached hydrogens (tertiary/aromatic N) is 5. The standard InChI is InChI=1S/C33H27FN6OS2/c34-27-13-7-8-14-29(27)40-31(25-15-18-35-19-16-25)38-39-33(40)43-22-30-37-28(21-42-30)32(41)36-20-17-26(23-9-3-1-4-10-23)24-11-5-2-6-12-24/h1-16,18-19,21,26H,17,20,22H2,(H,36,41). The maximum Gasteiger partial charge on any atom is 0.270 e. The SMILES string of the molecule is O=C(NCCC(c1ccccc1)c1ccccc1)c1csc(CSc2nnc(-c3ccncc3)n2-c2ccccc2F)n1. The van der Waals surface area contributed by atoms with Gasteiger partial charge in [-0.1, -0.05) is 84.6 Å². The number of nitrogens with one attached hydrogen (secondary N) is 1. The lowest BCUT2D eigenvalue weighted by Gasteiger charge is -2.18. The first-order valence-corrected chi connectivity index (χ1v) is 15.6. The monoisotopic (exact) mass is 606 g/mol. The molecule has 0 saturated carbocycles. The van der Waals surface area contributed by atoms with Crippen LogP contribution in [0.4, 0.5) is 4.39 Å². The molecule has 0 saturated heterocycles. The summed E-state index contributed by atoms with van der Waals surface area (Å²) in [4.78, 5) is 21.6. The quantitative estimate of drug-likeness (QED) is 0.157. The highest BCUT2D eigenvalue weighted by molar-refractivity contribution is 7.98. The minimum absolute atomic E-state index is 0.175. The van der Waals surface area contributed by atoms with Crippen molar-refractivity contribution >= 4 is 29.0 Å². The number of benzene rings is 3. The van der Waals surface area contributed by atoms with Gasteiger partial charge < -0.3 is 5.32 Å². The molecule has 3 heterocycles. The first-order valence-electron chi connectivity index (χ1n) is 13.7. The van der Waals surface area contributed by atoms with E-state index in [1.165, 1.54) is 40.3 Å². The molecule has 0 unspecified atom stereocenters. The van der Waals surface area contributed by atoms with Crippen LogP contribution in [0.2, 0.25) is 0 Å². The number of para-hydroxylation sites is 1. The first kappa shape index (κ1) is 28.4. The third-order valence-electron chi connectivity index (χ3n) is 6.90. The van der Waals surface area contributed by atoms with Crippen LogP contribution in [0.15, 0.2) is 120 Å². The zero-order chi connectivity index (χ0) is 29.4. The van der Waals surface area contributed by atoms with E-state index in [1.807, 2.05) is 48.5 Å². The first-order chi connectivity index (χ1) is 21.2. The zero-order valence-electron chi connectivity index (χ0n) is 23.0. The van der Waals surface area contributed by atoms with Crippen molar-refractivity contribution in [2.24, 2.45) is 0 Å². The lowest BCUT2D eigenvalue weighted by Crippen LogP contribution is -2.26. The van der Waals surface area contributed by atoms with Crippen LogP contribution in [0.1, 0.15) is 39.0 Å². The number of aromatic nitrogens is 5. The smallest absolute Gasteiger partial charge is 0.270 e. The minimum atomic E-state index is -0.380. The summed E-state index contributed by atoms with van der Waals surface area (Å²) in [6.45, 7) is 0.512. The van der Waals surface area contributed by atoms with Gasteiger partial charge in [0.1, 0.15) is 16.5 Å². The van der Waals surface area contributed by atoms with E-state index in [0.717, 1.165) is 17.0 Å². The summed E-state index contributed by atoms with van der Waals surface area (Å²) in [7, 11) is 0. The molecule has 0 spiro atoms. The van der Waals surface area contributed by atoms with Crippen molar-refractivity contribution in [2.75, 3.05) is 6.54 Å². The van der Waals surface area contributed by atoms with Gasteiger partial charge in [0.25, 0.3) is 5.91 Å². The molecule has 3 aromatic carbocycles. The molecule has 0 aliphatic rings. The summed E-state index contributed by atoms with van der Waals surface area (Å²) in [6.07, 6.45) is 4.08. The Labute approximate surface area is 256 Å². The van der Waals surface area contributed by atoms with E-state index in [4.69, 9.17) is 0 Å². The Morgan fingerprint density at radius 2 is 1.56 bits per heavy atom. The molecular formula is C33H27FN6OS2. The Kier molecular flexibility index (Phi) is 8.96. The van der Waals surface area contributed by atoms with Gasteiger partial charge in [-0.2, -0.15) is 0 Å². The molecule has 0 atom stereocenters. The van der Waals surface area contributed by atoms with Crippen molar-refractivity contribution in [2.45, 2.75) is 23.2 Å². The van der Waals surface area contributed by atoms with Crippen molar-refractivity contribution < 1.29 is 9.18 Å². The van der Waals surface area contributed by atoms with Crippen molar-refractivity contribution in [1.82, 2.24) is 30.0 Å². The Bertz CT molecular complexity index is 1760. The number of pyridine rings is 1. The molecule has 1 N–H and O–H groups in total. The number of halogens is 1. The van der Waals surface area contributed by atoms with Crippen molar-refractivity contribution in [3.63, 3.8) is 0 Å². The largest absolute Gasteiger partial charge is 0.351 e. The van der Waals surface area contributed by atoms with Gasteiger partial charge in [0, 0.05) is 35.8 Å². The second kappa shape index (κ2) is 13.5. The predicted octanol–water partition coefficient (Wildman–Crippen LogP) is 7.17. The van der Waals surface area contributed by atoms with Gasteiger partial charge in [0.2, 0.25) is 0 Å². The number of thiazole rings is 1. The van der Waals surface area contributed by atoms with Crippen LogP contribution in [0, 0.1) is 5.82 Å². The molecule has 6 aromatic rings. The van der Waals surface area contributed by atoms with E-state index in [2.05, 4.69) is 49.7 Å². The highest BCUT2D eigenvalue weighted by Gasteiger charge is 2.20. The number of rotatable bonds is 11. The number of carbonyl (C=O) groups is 1. The Morgan fingerprint density at radius 3 is 2.26 bits per heavy atom. The summed E-state index contributed by atoms with van der Waals surface area (Å²) in [6, 6.07) is 30.8. The van der Waals surface area contributed by atoms with E-state index < -0.39 is 0 Å². The molecule has 6 rings (SSSR count). The van der Waals surface area contributed by atoms with Crippen LogP contribution >= 0.6 is 23.1 Å². The maximum atomic E-state index is 14.9. The zero-order valence-corrected chi connectivity index (χ0v) is 24.6. The highest BCUT2D eigenvalue weighted by atomic mass is 32.2. The maximum absolute atomic E-state index is 14.9. The van der Waals surface area contributed by atoms with E-state index in [0.29, 0.717) is 34.7 Å². The number of carbonyl (C=O) groups excluding carboxylic acids is 1. The Hall–Kier alpha value is -4.67. The van der Waals surface area contributed by atoms with Crippen LogP contribution < -0.4 is 5.32 Å². The summed E-state index contributed by atoms with van der Waals surface area (Å²) in [5.41, 5.74) is 3.93. The van der Waals surface area contributed by atoms with Gasteiger partial charge in [-0.3, -0.25) is 14.3 Å². The second-order valence-corrected chi connectivity index (χ2v) is 11.5. The predicted molar refractivity (Wildman–Crippen MR) is 168 cm³/mol.